The quantitative estimate of drug-likeness (QED) is 0.592. The number of nitrogens with two attached hydrogens (primary N) is 1. The van der Waals surface area contributed by atoms with Gasteiger partial charge in [0.2, 0.25) is 11.8 Å². The van der Waals surface area contributed by atoms with Gasteiger partial charge >= 0.3 is 0 Å². The van der Waals surface area contributed by atoms with Crippen LogP contribution in [0.2, 0.25) is 0 Å². The van der Waals surface area contributed by atoms with Crippen LogP contribution in [0, 0.1) is 5.41 Å². The molecule has 0 radical (unpaired) electrons. The third-order valence-electron chi connectivity index (χ3n) is 2.78. The molecule has 0 spiro atoms. The predicted octanol–water partition coefficient (Wildman–Crippen LogP) is -0.306. The number of rotatable bonds is 4. The summed E-state index contributed by atoms with van der Waals surface area (Å²) in [7, 11) is 0. The van der Waals surface area contributed by atoms with Gasteiger partial charge in [-0.15, -0.1) is 0 Å². The molecule has 0 aromatic rings. The first-order valence-electron chi connectivity index (χ1n) is 5.21. The minimum atomic E-state index is -0.849. The molecule has 4 N–H and O–H groups in total. The second-order valence-corrected chi connectivity index (χ2v) is 4.94. The average Bonchev–Trinajstić information content (AvgIpc) is 2.60. The largest absolute Gasteiger partial charge is 0.392 e. The van der Waals surface area contributed by atoms with E-state index in [1.165, 1.54) is 0 Å². The van der Waals surface area contributed by atoms with Crippen LogP contribution in [0.1, 0.15) is 26.7 Å². The Bertz CT molecular complexity index is 328. The van der Waals surface area contributed by atoms with Crippen molar-refractivity contribution in [2.75, 3.05) is 6.54 Å². The summed E-state index contributed by atoms with van der Waals surface area (Å²) in [5, 5.41) is 5.52. The Morgan fingerprint density at radius 1 is 1.69 bits per heavy atom. The van der Waals surface area contributed by atoms with E-state index in [9.17, 15) is 9.59 Å². The fourth-order valence-corrected chi connectivity index (χ4v) is 1.47. The number of thiocarbonyl (C=S) groups is 1. The molecule has 5 nitrogen and oxygen atoms in total. The zero-order chi connectivity index (χ0) is 12.3. The molecule has 1 aliphatic rings. The smallest absolute Gasteiger partial charge is 0.232 e. The fraction of sp³-hybridized carbons (Fsp3) is 0.700. The Hall–Kier alpha value is -1.17. The van der Waals surface area contributed by atoms with E-state index in [4.69, 9.17) is 18.0 Å². The standard InChI is InChI=1S/C10H17N3O2S/c1-10(2,8(11)16)9(15)12-5-6-3-4-7(14)13-6/h6H,3-5H2,1-2H3,(H2,11,16)(H,12,15)(H,13,14). The lowest BCUT2D eigenvalue weighted by molar-refractivity contribution is -0.126. The second-order valence-electron chi connectivity index (χ2n) is 4.50. The molecular weight excluding hydrogens is 226 g/mol. The van der Waals surface area contributed by atoms with Gasteiger partial charge in [-0.2, -0.15) is 0 Å². The van der Waals surface area contributed by atoms with E-state index in [0.29, 0.717) is 13.0 Å². The van der Waals surface area contributed by atoms with Crippen molar-refractivity contribution in [3.63, 3.8) is 0 Å². The van der Waals surface area contributed by atoms with Crippen LogP contribution in [0.3, 0.4) is 0 Å². The highest BCUT2D eigenvalue weighted by molar-refractivity contribution is 7.80. The van der Waals surface area contributed by atoms with Crippen LogP contribution in [0.5, 0.6) is 0 Å². The van der Waals surface area contributed by atoms with Gasteiger partial charge in [0.05, 0.1) is 10.4 Å². The Kier molecular flexibility index (Phi) is 3.85. The molecule has 0 aromatic heterocycles. The summed E-state index contributed by atoms with van der Waals surface area (Å²) in [5.74, 6) is -0.172. The summed E-state index contributed by atoms with van der Waals surface area (Å²) in [6, 6.07) is 0.0265. The van der Waals surface area contributed by atoms with Crippen molar-refractivity contribution in [3.05, 3.63) is 0 Å². The summed E-state index contributed by atoms with van der Waals surface area (Å²) < 4.78 is 0. The first-order chi connectivity index (χ1) is 7.34. The molecule has 1 unspecified atom stereocenters. The van der Waals surface area contributed by atoms with Crippen LogP contribution in [-0.4, -0.2) is 29.4 Å². The zero-order valence-electron chi connectivity index (χ0n) is 9.50. The highest BCUT2D eigenvalue weighted by Crippen LogP contribution is 2.15. The maximum absolute atomic E-state index is 11.8. The van der Waals surface area contributed by atoms with Gasteiger partial charge < -0.3 is 16.4 Å². The van der Waals surface area contributed by atoms with Gasteiger partial charge in [-0.1, -0.05) is 12.2 Å². The molecule has 16 heavy (non-hydrogen) atoms. The molecule has 1 heterocycles. The molecule has 6 heteroatoms. The summed E-state index contributed by atoms with van der Waals surface area (Å²) in [4.78, 5) is 22.9. The fourth-order valence-electron chi connectivity index (χ4n) is 1.38. The maximum Gasteiger partial charge on any atom is 0.232 e. The van der Waals surface area contributed by atoms with Crippen LogP contribution in [-0.2, 0) is 9.59 Å². The van der Waals surface area contributed by atoms with Gasteiger partial charge in [-0.25, -0.2) is 0 Å². The van der Waals surface area contributed by atoms with Gasteiger partial charge in [0.15, 0.2) is 0 Å². The topological polar surface area (TPSA) is 84.2 Å². The molecule has 0 bridgehead atoms. The number of carbonyl (C=O) groups is 2. The number of nitrogens with one attached hydrogen (secondary N) is 2. The van der Waals surface area contributed by atoms with E-state index in [-0.39, 0.29) is 22.8 Å². The number of amides is 2. The van der Waals surface area contributed by atoms with E-state index in [0.717, 1.165) is 6.42 Å². The Balaban J connectivity index is 2.41. The summed E-state index contributed by atoms with van der Waals surface area (Å²) in [6.45, 7) is 3.78. The molecule has 90 valence electrons. The number of carbonyl (C=O) groups excluding carboxylic acids is 2. The Labute approximate surface area is 100 Å². The average molecular weight is 243 g/mol. The van der Waals surface area contributed by atoms with Crippen LogP contribution < -0.4 is 16.4 Å². The maximum atomic E-state index is 11.8. The SMILES string of the molecule is CC(C)(C(=O)NCC1CCC(=O)N1)C(N)=S. The van der Waals surface area contributed by atoms with E-state index in [2.05, 4.69) is 10.6 Å². The van der Waals surface area contributed by atoms with E-state index in [1.54, 1.807) is 13.8 Å². The molecule has 1 saturated heterocycles. The molecule has 0 saturated carbocycles. The summed E-state index contributed by atoms with van der Waals surface area (Å²) in [5.41, 5.74) is 4.63. The van der Waals surface area contributed by atoms with Crippen LogP contribution >= 0.6 is 12.2 Å². The van der Waals surface area contributed by atoms with Crippen LogP contribution in [0.25, 0.3) is 0 Å². The molecular formula is C10H17N3O2S. The van der Waals surface area contributed by atoms with Gasteiger partial charge in [0.25, 0.3) is 0 Å². The first kappa shape index (κ1) is 12.9. The minimum absolute atomic E-state index is 0.0265. The van der Waals surface area contributed by atoms with Crippen molar-refractivity contribution >= 4 is 29.0 Å². The molecule has 1 atom stereocenters. The third kappa shape index (κ3) is 2.91. The third-order valence-corrected chi connectivity index (χ3v) is 3.29. The van der Waals surface area contributed by atoms with Gasteiger partial charge in [-0.3, -0.25) is 9.59 Å². The lowest BCUT2D eigenvalue weighted by Crippen LogP contribution is -2.48. The molecule has 0 aliphatic carbocycles. The molecule has 2 amide bonds. The Morgan fingerprint density at radius 2 is 2.31 bits per heavy atom. The van der Waals surface area contributed by atoms with E-state index >= 15 is 0 Å². The Morgan fingerprint density at radius 3 is 2.75 bits per heavy atom. The van der Waals surface area contributed by atoms with Crippen molar-refractivity contribution in [2.24, 2.45) is 11.1 Å². The first-order valence-corrected chi connectivity index (χ1v) is 5.62. The van der Waals surface area contributed by atoms with Gasteiger partial charge in [0, 0.05) is 19.0 Å². The lowest BCUT2D eigenvalue weighted by Gasteiger charge is -2.23. The van der Waals surface area contributed by atoms with Crippen molar-refractivity contribution in [1.29, 1.82) is 0 Å². The van der Waals surface area contributed by atoms with E-state index < -0.39 is 5.41 Å². The summed E-state index contributed by atoms with van der Waals surface area (Å²) >= 11 is 4.82. The lowest BCUT2D eigenvalue weighted by atomic mass is 9.92. The van der Waals surface area contributed by atoms with E-state index in [1.807, 2.05) is 0 Å². The zero-order valence-corrected chi connectivity index (χ0v) is 10.3. The molecule has 0 aromatic carbocycles. The van der Waals surface area contributed by atoms with Crippen molar-refractivity contribution in [2.45, 2.75) is 32.7 Å². The number of hydrogen-bond donors (Lipinski definition) is 3. The normalized spacial score (nSPS) is 20.4. The number of hydrogen-bond acceptors (Lipinski definition) is 3. The van der Waals surface area contributed by atoms with Gasteiger partial charge in [0.1, 0.15) is 0 Å². The highest BCUT2D eigenvalue weighted by atomic mass is 32.1. The molecule has 1 rings (SSSR count). The second kappa shape index (κ2) is 4.78. The molecule has 1 aliphatic heterocycles. The summed E-state index contributed by atoms with van der Waals surface area (Å²) in [6.07, 6.45) is 1.28. The van der Waals surface area contributed by atoms with Crippen molar-refractivity contribution in [3.8, 4) is 0 Å². The minimum Gasteiger partial charge on any atom is -0.392 e. The van der Waals surface area contributed by atoms with Gasteiger partial charge in [-0.05, 0) is 20.3 Å². The monoisotopic (exact) mass is 243 g/mol. The molecule has 1 fully saturated rings. The highest BCUT2D eigenvalue weighted by Gasteiger charge is 2.31. The van der Waals surface area contributed by atoms with Crippen LogP contribution in [0.15, 0.2) is 0 Å². The van der Waals surface area contributed by atoms with Crippen molar-refractivity contribution < 1.29 is 9.59 Å². The van der Waals surface area contributed by atoms with Crippen molar-refractivity contribution in [1.82, 2.24) is 10.6 Å². The predicted molar refractivity (Wildman–Crippen MR) is 64.7 cm³/mol. The van der Waals surface area contributed by atoms with Crippen LogP contribution in [0.4, 0.5) is 0 Å².